The summed E-state index contributed by atoms with van der Waals surface area (Å²) >= 11 is 0. The summed E-state index contributed by atoms with van der Waals surface area (Å²) in [6.07, 6.45) is 6.79. The quantitative estimate of drug-likeness (QED) is 0.818. The molecule has 2 aliphatic heterocycles. The van der Waals surface area contributed by atoms with Gasteiger partial charge in [0.1, 0.15) is 0 Å². The molecule has 3 rings (SSSR count). The van der Waals surface area contributed by atoms with E-state index in [4.69, 9.17) is 4.74 Å². The second-order valence-electron chi connectivity index (χ2n) is 7.07. The molecule has 0 saturated carbocycles. The smallest absolute Gasteiger partial charge is 0.251 e. The summed E-state index contributed by atoms with van der Waals surface area (Å²) in [5.41, 5.74) is 1.38. The Morgan fingerprint density at radius 1 is 1.12 bits per heavy atom. The first-order valence-corrected chi connectivity index (χ1v) is 9.74. The van der Waals surface area contributed by atoms with Crippen LogP contribution < -0.4 is 10.6 Å². The first-order valence-electron chi connectivity index (χ1n) is 9.74. The number of hydrogen-bond donors (Lipinski definition) is 2. The van der Waals surface area contributed by atoms with E-state index in [9.17, 15) is 9.59 Å². The summed E-state index contributed by atoms with van der Waals surface area (Å²) in [6.45, 7) is 3.30. The van der Waals surface area contributed by atoms with Gasteiger partial charge in [-0.05, 0) is 43.9 Å². The van der Waals surface area contributed by atoms with Crippen LogP contribution >= 0.6 is 0 Å². The highest BCUT2D eigenvalue weighted by atomic mass is 16.5. The van der Waals surface area contributed by atoms with Crippen LogP contribution in [0.2, 0.25) is 0 Å². The molecular weight excluding hydrogens is 330 g/mol. The third-order valence-corrected chi connectivity index (χ3v) is 5.04. The first kappa shape index (κ1) is 18.7. The number of carbonyl (C=O) groups is 2. The summed E-state index contributed by atoms with van der Waals surface area (Å²) in [4.78, 5) is 26.6. The van der Waals surface area contributed by atoms with Gasteiger partial charge in [-0.3, -0.25) is 9.59 Å². The molecule has 2 N–H and O–H groups in total. The zero-order chi connectivity index (χ0) is 18.2. The van der Waals surface area contributed by atoms with Crippen LogP contribution in [0.3, 0.4) is 0 Å². The lowest BCUT2D eigenvalue weighted by atomic mass is 10.1. The number of likely N-dealkylation sites (tertiary alicyclic amines) is 1. The van der Waals surface area contributed by atoms with Gasteiger partial charge in [0, 0.05) is 37.5 Å². The Morgan fingerprint density at radius 3 is 2.65 bits per heavy atom. The number of amides is 2. The van der Waals surface area contributed by atoms with E-state index in [1.165, 1.54) is 12.8 Å². The molecular formula is C20H29N3O3. The van der Waals surface area contributed by atoms with Crippen LogP contribution in [-0.4, -0.2) is 55.6 Å². The fourth-order valence-corrected chi connectivity index (χ4v) is 3.49. The summed E-state index contributed by atoms with van der Waals surface area (Å²) < 4.78 is 5.53. The van der Waals surface area contributed by atoms with Gasteiger partial charge in [0.25, 0.3) is 5.91 Å². The van der Waals surface area contributed by atoms with Crippen molar-refractivity contribution in [1.29, 1.82) is 0 Å². The summed E-state index contributed by atoms with van der Waals surface area (Å²) in [7, 11) is 0. The molecule has 0 bridgehead atoms. The molecule has 0 spiro atoms. The van der Waals surface area contributed by atoms with Gasteiger partial charge >= 0.3 is 0 Å². The monoisotopic (exact) mass is 359 g/mol. The van der Waals surface area contributed by atoms with Crippen LogP contribution in [-0.2, 0) is 9.53 Å². The molecule has 1 aromatic carbocycles. The van der Waals surface area contributed by atoms with Gasteiger partial charge in [-0.25, -0.2) is 0 Å². The number of anilines is 1. The highest BCUT2D eigenvalue weighted by molar-refractivity contribution is 5.95. The van der Waals surface area contributed by atoms with E-state index in [-0.39, 0.29) is 24.5 Å². The fourth-order valence-electron chi connectivity index (χ4n) is 3.49. The van der Waals surface area contributed by atoms with Gasteiger partial charge in [-0.15, -0.1) is 0 Å². The van der Waals surface area contributed by atoms with Crippen molar-refractivity contribution >= 4 is 17.5 Å². The molecule has 26 heavy (non-hydrogen) atoms. The first-order chi connectivity index (χ1) is 12.7. The normalized spacial score (nSPS) is 20.5. The van der Waals surface area contributed by atoms with E-state index in [0.29, 0.717) is 12.1 Å². The maximum Gasteiger partial charge on any atom is 0.251 e. The van der Waals surface area contributed by atoms with Crippen molar-refractivity contribution in [2.45, 2.75) is 44.6 Å². The van der Waals surface area contributed by atoms with Gasteiger partial charge in [-0.2, -0.15) is 0 Å². The van der Waals surface area contributed by atoms with Crippen LogP contribution in [0.4, 0.5) is 5.69 Å². The van der Waals surface area contributed by atoms with Crippen LogP contribution in [0.15, 0.2) is 24.3 Å². The van der Waals surface area contributed by atoms with Gasteiger partial charge in [-0.1, -0.05) is 18.9 Å². The van der Waals surface area contributed by atoms with Crippen LogP contribution in [0.1, 0.15) is 48.9 Å². The fraction of sp³-hybridized carbons (Fsp3) is 0.600. The standard InChI is InChI=1S/C20H29N3O3/c24-19(23-10-3-1-2-4-11-23)15-21-17-8-5-7-16(13-17)20(25)22-14-18-9-6-12-26-18/h5,7-8,13,18,21H,1-4,6,9-12,14-15H2,(H,22,25). The molecule has 1 aromatic rings. The number of nitrogens with zero attached hydrogens (tertiary/aromatic N) is 1. The molecule has 142 valence electrons. The Balaban J connectivity index is 1.48. The molecule has 1 unspecified atom stereocenters. The molecule has 6 heteroatoms. The van der Waals surface area contributed by atoms with Crippen LogP contribution in [0, 0.1) is 0 Å². The largest absolute Gasteiger partial charge is 0.376 e. The highest BCUT2D eigenvalue weighted by Gasteiger charge is 2.17. The second-order valence-corrected chi connectivity index (χ2v) is 7.07. The summed E-state index contributed by atoms with van der Waals surface area (Å²) in [5.74, 6) is 0.0168. The SMILES string of the molecule is O=C(NCC1CCCO1)c1cccc(NCC(=O)N2CCCCCC2)c1. The van der Waals surface area contributed by atoms with Crippen molar-refractivity contribution in [2.24, 2.45) is 0 Å². The summed E-state index contributed by atoms with van der Waals surface area (Å²) in [5, 5.41) is 6.08. The van der Waals surface area contributed by atoms with Crippen molar-refractivity contribution < 1.29 is 14.3 Å². The minimum Gasteiger partial charge on any atom is -0.376 e. The molecule has 2 aliphatic rings. The van der Waals surface area contributed by atoms with Crippen molar-refractivity contribution in [3.05, 3.63) is 29.8 Å². The highest BCUT2D eigenvalue weighted by Crippen LogP contribution is 2.14. The Morgan fingerprint density at radius 2 is 1.92 bits per heavy atom. The Bertz CT molecular complexity index is 606. The second kappa shape index (κ2) is 9.57. The average molecular weight is 359 g/mol. The summed E-state index contributed by atoms with van der Waals surface area (Å²) in [6, 6.07) is 7.29. The maximum atomic E-state index is 12.4. The van der Waals surface area contributed by atoms with Crippen molar-refractivity contribution in [3.63, 3.8) is 0 Å². The van der Waals surface area contributed by atoms with Gasteiger partial charge in [0.05, 0.1) is 12.6 Å². The molecule has 2 amide bonds. The van der Waals surface area contributed by atoms with Gasteiger partial charge < -0.3 is 20.3 Å². The van der Waals surface area contributed by atoms with Crippen molar-refractivity contribution in [1.82, 2.24) is 10.2 Å². The number of nitrogens with one attached hydrogen (secondary N) is 2. The van der Waals surface area contributed by atoms with Crippen LogP contribution in [0.25, 0.3) is 0 Å². The van der Waals surface area contributed by atoms with E-state index < -0.39 is 0 Å². The molecule has 2 fully saturated rings. The molecule has 2 heterocycles. The zero-order valence-corrected chi connectivity index (χ0v) is 15.3. The van der Waals surface area contributed by atoms with Crippen molar-refractivity contribution in [3.8, 4) is 0 Å². The van der Waals surface area contributed by atoms with Crippen LogP contribution in [0.5, 0.6) is 0 Å². The van der Waals surface area contributed by atoms with E-state index in [0.717, 1.165) is 51.1 Å². The Labute approximate surface area is 155 Å². The number of benzene rings is 1. The predicted octanol–water partition coefficient (Wildman–Crippen LogP) is 2.41. The number of rotatable bonds is 6. The lowest BCUT2D eigenvalue weighted by Crippen LogP contribution is -2.36. The van der Waals surface area contributed by atoms with Crippen molar-refractivity contribution in [2.75, 3.05) is 38.1 Å². The minimum absolute atomic E-state index is 0.108. The molecule has 1 atom stereocenters. The Hall–Kier alpha value is -2.08. The number of ether oxygens (including phenoxy) is 1. The minimum atomic E-state index is -0.108. The topological polar surface area (TPSA) is 70.7 Å². The number of hydrogen-bond acceptors (Lipinski definition) is 4. The zero-order valence-electron chi connectivity index (χ0n) is 15.3. The maximum absolute atomic E-state index is 12.4. The third-order valence-electron chi connectivity index (χ3n) is 5.04. The lowest BCUT2D eigenvalue weighted by Gasteiger charge is -2.20. The van der Waals surface area contributed by atoms with E-state index >= 15 is 0 Å². The molecule has 2 saturated heterocycles. The number of carbonyl (C=O) groups excluding carboxylic acids is 2. The van der Waals surface area contributed by atoms with Gasteiger partial charge in [0.2, 0.25) is 5.91 Å². The Kier molecular flexibility index (Phi) is 6.89. The molecule has 0 aliphatic carbocycles. The molecule has 0 radical (unpaired) electrons. The van der Waals surface area contributed by atoms with E-state index in [1.807, 2.05) is 17.0 Å². The molecule has 6 nitrogen and oxygen atoms in total. The van der Waals surface area contributed by atoms with E-state index in [2.05, 4.69) is 10.6 Å². The molecule has 0 aromatic heterocycles. The van der Waals surface area contributed by atoms with Gasteiger partial charge in [0.15, 0.2) is 0 Å². The average Bonchev–Trinajstić information content (AvgIpc) is 3.04. The lowest BCUT2D eigenvalue weighted by molar-refractivity contribution is -0.129. The predicted molar refractivity (Wildman–Crippen MR) is 101 cm³/mol. The third kappa shape index (κ3) is 5.46. The van der Waals surface area contributed by atoms with E-state index in [1.54, 1.807) is 12.1 Å².